The van der Waals surface area contributed by atoms with Crippen molar-refractivity contribution in [1.29, 1.82) is 0 Å². The molecular formula is C14H22ClNO3. The van der Waals surface area contributed by atoms with Gasteiger partial charge in [-0.3, -0.25) is 0 Å². The predicted molar refractivity (Wildman–Crippen MR) is 78.3 cm³/mol. The molecule has 0 fully saturated rings. The smallest absolute Gasteiger partial charge is 0.338 e. The third-order valence-corrected chi connectivity index (χ3v) is 2.33. The van der Waals surface area contributed by atoms with Gasteiger partial charge < -0.3 is 14.4 Å². The first kappa shape index (κ1) is 17.7. The summed E-state index contributed by atoms with van der Waals surface area (Å²) in [6, 6.07) is 6.98. The van der Waals surface area contributed by atoms with Gasteiger partial charge in [-0.15, -0.1) is 12.4 Å². The topological polar surface area (TPSA) is 38.8 Å². The summed E-state index contributed by atoms with van der Waals surface area (Å²) in [5.74, 6) is 0.461. The van der Waals surface area contributed by atoms with Gasteiger partial charge in [-0.2, -0.15) is 0 Å². The summed E-state index contributed by atoms with van der Waals surface area (Å²) in [5.41, 5.74) is 0.545. The van der Waals surface area contributed by atoms with Crippen molar-refractivity contribution in [2.75, 3.05) is 27.2 Å². The van der Waals surface area contributed by atoms with Crippen molar-refractivity contribution >= 4 is 18.4 Å². The van der Waals surface area contributed by atoms with E-state index < -0.39 is 0 Å². The Hall–Kier alpha value is -1.26. The molecule has 0 heterocycles. The third kappa shape index (κ3) is 6.45. The summed E-state index contributed by atoms with van der Waals surface area (Å²) in [5, 5.41) is 0. The molecule has 1 rings (SSSR count). The Labute approximate surface area is 121 Å². The normalized spacial score (nSPS) is 11.6. The van der Waals surface area contributed by atoms with Gasteiger partial charge in [0.05, 0.1) is 12.2 Å². The van der Waals surface area contributed by atoms with Gasteiger partial charge in [0.1, 0.15) is 11.9 Å². The molecule has 0 aliphatic heterocycles. The average Bonchev–Trinajstić information content (AvgIpc) is 2.29. The summed E-state index contributed by atoms with van der Waals surface area (Å²) >= 11 is 0. The Bertz CT molecular complexity index is 379. The molecule has 1 aromatic rings. The van der Waals surface area contributed by atoms with Crippen molar-refractivity contribution in [2.24, 2.45) is 0 Å². The van der Waals surface area contributed by atoms with Crippen molar-refractivity contribution < 1.29 is 14.3 Å². The van der Waals surface area contributed by atoms with Gasteiger partial charge in [-0.25, -0.2) is 4.79 Å². The maximum Gasteiger partial charge on any atom is 0.338 e. The van der Waals surface area contributed by atoms with E-state index in [0.717, 1.165) is 5.75 Å². The minimum atomic E-state index is -0.299. The highest BCUT2D eigenvalue weighted by molar-refractivity contribution is 5.89. The molecule has 0 aliphatic carbocycles. The summed E-state index contributed by atoms with van der Waals surface area (Å²) in [4.78, 5) is 13.8. The number of carbonyl (C=O) groups excluding carboxylic acids is 1. The first-order valence-corrected chi connectivity index (χ1v) is 6.11. The second kappa shape index (κ2) is 8.77. The van der Waals surface area contributed by atoms with E-state index in [1.807, 2.05) is 32.8 Å². The van der Waals surface area contributed by atoms with Gasteiger partial charge >= 0.3 is 5.97 Å². The Kier molecular flexibility index (Phi) is 8.19. The molecule has 1 unspecified atom stereocenters. The van der Waals surface area contributed by atoms with E-state index in [4.69, 9.17) is 9.47 Å². The summed E-state index contributed by atoms with van der Waals surface area (Å²) in [6.45, 7) is 5.13. The Morgan fingerprint density at radius 1 is 1.26 bits per heavy atom. The van der Waals surface area contributed by atoms with Crippen molar-refractivity contribution in [3.05, 3.63) is 29.8 Å². The van der Waals surface area contributed by atoms with E-state index in [0.29, 0.717) is 18.7 Å². The Morgan fingerprint density at radius 3 is 2.32 bits per heavy atom. The number of hydrogen-bond acceptors (Lipinski definition) is 4. The van der Waals surface area contributed by atoms with Crippen LogP contribution in [0.3, 0.4) is 0 Å². The number of halogens is 1. The van der Waals surface area contributed by atoms with Gasteiger partial charge in [0.25, 0.3) is 0 Å². The second-order valence-corrected chi connectivity index (χ2v) is 4.44. The molecule has 1 atom stereocenters. The second-order valence-electron chi connectivity index (χ2n) is 4.44. The van der Waals surface area contributed by atoms with E-state index in [1.54, 1.807) is 24.3 Å². The van der Waals surface area contributed by atoms with Crippen LogP contribution in [0.4, 0.5) is 0 Å². The molecule has 108 valence electrons. The lowest BCUT2D eigenvalue weighted by Crippen LogP contribution is -2.28. The molecule has 4 nitrogen and oxygen atoms in total. The molecule has 0 radical (unpaired) electrons. The highest BCUT2D eigenvalue weighted by atomic mass is 35.5. The lowest BCUT2D eigenvalue weighted by Gasteiger charge is -2.17. The minimum absolute atomic E-state index is 0. The molecule has 0 amide bonds. The van der Waals surface area contributed by atoms with E-state index in [1.165, 1.54) is 0 Å². The van der Waals surface area contributed by atoms with Crippen LogP contribution in [0.25, 0.3) is 0 Å². The van der Waals surface area contributed by atoms with Crippen LogP contribution in [-0.4, -0.2) is 44.2 Å². The van der Waals surface area contributed by atoms with Gasteiger partial charge in [0.15, 0.2) is 0 Å². The number of nitrogens with zero attached hydrogens (tertiary/aromatic N) is 1. The molecular weight excluding hydrogens is 266 g/mol. The zero-order chi connectivity index (χ0) is 13.5. The van der Waals surface area contributed by atoms with E-state index in [-0.39, 0.29) is 24.5 Å². The molecule has 0 saturated carbocycles. The van der Waals surface area contributed by atoms with Crippen LogP contribution in [0.1, 0.15) is 24.2 Å². The number of likely N-dealkylation sites (N-methyl/N-ethyl adjacent to an activating group) is 1. The first-order valence-electron chi connectivity index (χ1n) is 6.11. The fraction of sp³-hybridized carbons (Fsp3) is 0.500. The molecule has 0 bridgehead atoms. The zero-order valence-corrected chi connectivity index (χ0v) is 12.7. The van der Waals surface area contributed by atoms with Crippen LogP contribution in [0.5, 0.6) is 5.75 Å². The van der Waals surface area contributed by atoms with Crippen LogP contribution in [0.15, 0.2) is 24.3 Å². The maximum atomic E-state index is 11.8. The number of carbonyl (C=O) groups is 1. The highest BCUT2D eigenvalue weighted by Crippen LogP contribution is 2.13. The molecule has 0 aliphatic rings. The SMILES string of the molecule is CCOc1ccc(C(=O)OC(C)CN(C)C)cc1.Cl. The Balaban J connectivity index is 0.00000324. The lowest BCUT2D eigenvalue weighted by molar-refractivity contribution is 0.0289. The molecule has 19 heavy (non-hydrogen) atoms. The molecule has 5 heteroatoms. The van der Waals surface area contributed by atoms with E-state index in [9.17, 15) is 4.79 Å². The zero-order valence-electron chi connectivity index (χ0n) is 11.9. The summed E-state index contributed by atoms with van der Waals surface area (Å²) in [7, 11) is 3.89. The number of ether oxygens (including phenoxy) is 2. The fourth-order valence-electron chi connectivity index (χ4n) is 1.66. The molecule has 0 saturated heterocycles. The van der Waals surface area contributed by atoms with Crippen LogP contribution in [-0.2, 0) is 4.74 Å². The van der Waals surface area contributed by atoms with Crippen LogP contribution in [0.2, 0.25) is 0 Å². The Morgan fingerprint density at radius 2 is 1.84 bits per heavy atom. The fourth-order valence-corrected chi connectivity index (χ4v) is 1.66. The van der Waals surface area contributed by atoms with Gasteiger partial charge in [-0.1, -0.05) is 0 Å². The number of esters is 1. The van der Waals surface area contributed by atoms with Crippen LogP contribution < -0.4 is 4.74 Å². The highest BCUT2D eigenvalue weighted by Gasteiger charge is 2.12. The van der Waals surface area contributed by atoms with E-state index >= 15 is 0 Å². The molecule has 1 aromatic carbocycles. The maximum absolute atomic E-state index is 11.8. The summed E-state index contributed by atoms with van der Waals surface area (Å²) < 4.78 is 10.6. The number of rotatable bonds is 6. The average molecular weight is 288 g/mol. The van der Waals surface area contributed by atoms with E-state index in [2.05, 4.69) is 0 Å². The minimum Gasteiger partial charge on any atom is -0.494 e. The van der Waals surface area contributed by atoms with Crippen LogP contribution in [0, 0.1) is 0 Å². The van der Waals surface area contributed by atoms with Gasteiger partial charge in [0.2, 0.25) is 0 Å². The van der Waals surface area contributed by atoms with Gasteiger partial charge in [0, 0.05) is 6.54 Å². The predicted octanol–water partition coefficient (Wildman–Crippen LogP) is 2.61. The van der Waals surface area contributed by atoms with Crippen molar-refractivity contribution in [1.82, 2.24) is 4.90 Å². The standard InChI is InChI=1S/C14H21NO3.ClH/c1-5-17-13-8-6-12(7-9-13)14(16)18-11(2)10-15(3)4;/h6-9,11H,5,10H2,1-4H3;1H. The van der Waals surface area contributed by atoms with Crippen molar-refractivity contribution in [2.45, 2.75) is 20.0 Å². The third-order valence-electron chi connectivity index (χ3n) is 2.33. The monoisotopic (exact) mass is 287 g/mol. The van der Waals surface area contributed by atoms with Crippen molar-refractivity contribution in [3.8, 4) is 5.75 Å². The van der Waals surface area contributed by atoms with Crippen molar-refractivity contribution in [3.63, 3.8) is 0 Å². The number of benzene rings is 1. The number of hydrogen-bond donors (Lipinski definition) is 0. The lowest BCUT2D eigenvalue weighted by atomic mass is 10.2. The largest absolute Gasteiger partial charge is 0.494 e. The molecule has 0 aromatic heterocycles. The summed E-state index contributed by atoms with van der Waals surface area (Å²) in [6.07, 6.45) is -0.126. The van der Waals surface area contributed by atoms with Crippen LogP contribution >= 0.6 is 12.4 Å². The quantitative estimate of drug-likeness (QED) is 0.754. The molecule has 0 spiro atoms. The molecule has 0 N–H and O–H groups in total. The van der Waals surface area contributed by atoms with Gasteiger partial charge in [-0.05, 0) is 52.2 Å². The first-order chi connectivity index (χ1) is 8.52.